The molecule has 4 nitrogen and oxygen atoms in total. The highest BCUT2D eigenvalue weighted by atomic mass is 16.5. The van der Waals surface area contributed by atoms with Gasteiger partial charge in [0.15, 0.2) is 6.10 Å². The van der Waals surface area contributed by atoms with Crippen molar-refractivity contribution in [2.75, 3.05) is 13.1 Å². The molecule has 2 aliphatic heterocycles. The van der Waals surface area contributed by atoms with Crippen LogP contribution in [0, 0.1) is 0 Å². The van der Waals surface area contributed by atoms with Gasteiger partial charge in [0.05, 0.1) is 0 Å². The van der Waals surface area contributed by atoms with Crippen LogP contribution < -0.4 is 10.1 Å². The van der Waals surface area contributed by atoms with Crippen LogP contribution in [0.15, 0.2) is 54.6 Å². The average Bonchev–Trinajstić information content (AvgIpc) is 2.93. The molecular formula is C25H32N2O2. The molecule has 0 saturated carbocycles. The minimum Gasteiger partial charge on any atom is -0.480 e. The van der Waals surface area contributed by atoms with Crippen molar-refractivity contribution < 1.29 is 9.53 Å². The highest BCUT2D eigenvalue weighted by molar-refractivity contribution is 5.81. The number of nitrogens with one attached hydrogen (secondary N) is 1. The van der Waals surface area contributed by atoms with Crippen LogP contribution in [-0.2, 0) is 11.3 Å². The lowest BCUT2D eigenvalue weighted by molar-refractivity contribution is -0.127. The van der Waals surface area contributed by atoms with Crippen LogP contribution in [0.4, 0.5) is 0 Å². The maximum atomic E-state index is 12.4. The molecule has 1 saturated heterocycles. The highest BCUT2D eigenvalue weighted by Gasteiger charge is 2.27. The van der Waals surface area contributed by atoms with Crippen molar-refractivity contribution in [3.05, 3.63) is 65.7 Å². The predicted octanol–water partition coefficient (Wildman–Crippen LogP) is 4.50. The van der Waals surface area contributed by atoms with Crippen LogP contribution in [-0.4, -0.2) is 36.0 Å². The number of hydrogen-bond acceptors (Lipinski definition) is 3. The number of rotatable bonds is 6. The normalized spacial score (nSPS) is 23.4. The molecule has 3 unspecified atom stereocenters. The summed E-state index contributed by atoms with van der Waals surface area (Å²) >= 11 is 0. The summed E-state index contributed by atoms with van der Waals surface area (Å²) in [7, 11) is 0. The Balaban J connectivity index is 1.28. The van der Waals surface area contributed by atoms with Crippen LogP contribution >= 0.6 is 0 Å². The molecule has 0 spiro atoms. The molecule has 2 aromatic rings. The molecule has 4 heteroatoms. The molecule has 2 aliphatic rings. The number of amides is 1. The van der Waals surface area contributed by atoms with E-state index in [2.05, 4.69) is 47.5 Å². The van der Waals surface area contributed by atoms with E-state index in [1.54, 1.807) is 0 Å². The van der Waals surface area contributed by atoms with Gasteiger partial charge in [-0.2, -0.15) is 0 Å². The Kier molecular flexibility index (Phi) is 6.50. The van der Waals surface area contributed by atoms with E-state index in [1.165, 1.54) is 24.9 Å². The summed E-state index contributed by atoms with van der Waals surface area (Å²) in [5.74, 6) is 1.49. The minimum absolute atomic E-state index is 0.0102. The van der Waals surface area contributed by atoms with E-state index in [1.807, 2.05) is 24.3 Å². The van der Waals surface area contributed by atoms with Crippen molar-refractivity contribution in [2.45, 2.75) is 63.6 Å². The largest absolute Gasteiger partial charge is 0.480 e. The summed E-state index contributed by atoms with van der Waals surface area (Å²) in [6.45, 7) is 5.20. The number of ether oxygens (including phenoxy) is 1. The zero-order valence-corrected chi connectivity index (χ0v) is 17.3. The van der Waals surface area contributed by atoms with Crippen molar-refractivity contribution in [2.24, 2.45) is 0 Å². The van der Waals surface area contributed by atoms with Crippen LogP contribution in [0.2, 0.25) is 0 Å². The Morgan fingerprint density at radius 1 is 1.14 bits per heavy atom. The monoisotopic (exact) mass is 392 g/mol. The lowest BCUT2D eigenvalue weighted by atomic mass is 9.89. The lowest BCUT2D eigenvalue weighted by Crippen LogP contribution is -2.41. The topological polar surface area (TPSA) is 41.6 Å². The van der Waals surface area contributed by atoms with Gasteiger partial charge in [0.2, 0.25) is 0 Å². The summed E-state index contributed by atoms with van der Waals surface area (Å²) in [4.78, 5) is 15.0. The van der Waals surface area contributed by atoms with Gasteiger partial charge in [-0.1, -0.05) is 48.5 Å². The molecule has 0 aromatic heterocycles. The lowest BCUT2D eigenvalue weighted by Gasteiger charge is -2.37. The van der Waals surface area contributed by atoms with Crippen molar-refractivity contribution in [3.8, 4) is 5.75 Å². The van der Waals surface area contributed by atoms with Gasteiger partial charge < -0.3 is 15.0 Å². The number of likely N-dealkylation sites (tertiary alicyclic amines) is 1. The summed E-state index contributed by atoms with van der Waals surface area (Å²) < 4.78 is 6.05. The third kappa shape index (κ3) is 4.99. The Morgan fingerprint density at radius 3 is 2.79 bits per heavy atom. The maximum absolute atomic E-state index is 12.4. The van der Waals surface area contributed by atoms with Gasteiger partial charge in [-0.25, -0.2) is 0 Å². The number of carbonyl (C=O) groups is 1. The number of nitrogens with zero attached hydrogens (tertiary/aromatic N) is 1. The molecule has 2 aromatic carbocycles. The van der Waals surface area contributed by atoms with E-state index >= 15 is 0 Å². The number of para-hydroxylation sites is 1. The van der Waals surface area contributed by atoms with Crippen LogP contribution in [0.25, 0.3) is 0 Å². The highest BCUT2D eigenvalue weighted by Crippen LogP contribution is 2.29. The number of piperidine rings is 1. The van der Waals surface area contributed by atoms with Crippen molar-refractivity contribution in [1.82, 2.24) is 10.2 Å². The van der Waals surface area contributed by atoms with Gasteiger partial charge in [-0.05, 0) is 63.1 Å². The summed E-state index contributed by atoms with van der Waals surface area (Å²) in [5.41, 5.74) is 2.52. The maximum Gasteiger partial charge on any atom is 0.261 e. The third-order valence-electron chi connectivity index (χ3n) is 6.42. The summed E-state index contributed by atoms with van der Waals surface area (Å²) in [6, 6.07) is 19.4. The second-order valence-corrected chi connectivity index (χ2v) is 8.46. The van der Waals surface area contributed by atoms with Gasteiger partial charge in [0, 0.05) is 24.7 Å². The number of hydrogen-bond donors (Lipinski definition) is 1. The van der Waals surface area contributed by atoms with E-state index in [9.17, 15) is 4.79 Å². The first-order valence-corrected chi connectivity index (χ1v) is 11.0. The molecule has 1 fully saturated rings. The first-order valence-electron chi connectivity index (χ1n) is 11.0. The minimum atomic E-state index is -0.385. The molecule has 0 radical (unpaired) electrons. The standard InChI is InChI=1S/C25H32N2O2/c1-19(27-16-8-13-22(18-27)20-10-3-2-4-11-20)9-7-15-24-25(28)26-17-21-12-5-6-14-23(21)29-24/h2-6,10-12,14,19,22,24H,7-9,13,15-18H2,1H3,(H,26,28). The Bertz CT molecular complexity index is 807. The van der Waals surface area contributed by atoms with Crippen molar-refractivity contribution in [3.63, 3.8) is 0 Å². The fraction of sp³-hybridized carbons (Fsp3) is 0.480. The molecule has 4 rings (SSSR count). The summed E-state index contributed by atoms with van der Waals surface area (Å²) in [6.07, 6.45) is 5.01. The van der Waals surface area contributed by atoms with Crippen LogP contribution in [0.3, 0.4) is 0 Å². The Labute approximate surface area is 174 Å². The Hall–Kier alpha value is -2.33. The first-order chi connectivity index (χ1) is 14.2. The number of fused-ring (bicyclic) bond motifs is 1. The number of carbonyl (C=O) groups excluding carboxylic acids is 1. The molecule has 2 heterocycles. The van der Waals surface area contributed by atoms with E-state index < -0.39 is 0 Å². The van der Waals surface area contributed by atoms with Crippen molar-refractivity contribution in [1.29, 1.82) is 0 Å². The molecule has 1 N–H and O–H groups in total. The SMILES string of the molecule is CC(CCCC1Oc2ccccc2CNC1=O)N1CCCC(c2ccccc2)C1. The van der Waals surface area contributed by atoms with E-state index in [0.29, 0.717) is 18.5 Å². The van der Waals surface area contributed by atoms with Crippen molar-refractivity contribution >= 4 is 5.91 Å². The van der Waals surface area contributed by atoms with E-state index in [0.717, 1.165) is 37.1 Å². The van der Waals surface area contributed by atoms with Gasteiger partial charge in [0.25, 0.3) is 5.91 Å². The second kappa shape index (κ2) is 9.45. The molecule has 0 aliphatic carbocycles. The Morgan fingerprint density at radius 2 is 1.93 bits per heavy atom. The van der Waals surface area contributed by atoms with E-state index in [4.69, 9.17) is 4.74 Å². The zero-order chi connectivity index (χ0) is 20.1. The zero-order valence-electron chi connectivity index (χ0n) is 17.3. The molecular weight excluding hydrogens is 360 g/mol. The molecule has 0 bridgehead atoms. The fourth-order valence-corrected chi connectivity index (χ4v) is 4.64. The first kappa shape index (κ1) is 20.0. The molecule has 1 amide bonds. The van der Waals surface area contributed by atoms with Gasteiger partial charge >= 0.3 is 0 Å². The summed E-state index contributed by atoms with van der Waals surface area (Å²) in [5, 5.41) is 3.00. The van der Waals surface area contributed by atoms with Crippen LogP contribution in [0.5, 0.6) is 5.75 Å². The molecule has 154 valence electrons. The van der Waals surface area contributed by atoms with Gasteiger partial charge in [-0.15, -0.1) is 0 Å². The van der Waals surface area contributed by atoms with Gasteiger partial charge in [-0.3, -0.25) is 4.79 Å². The third-order valence-corrected chi connectivity index (χ3v) is 6.42. The number of benzene rings is 2. The smallest absolute Gasteiger partial charge is 0.261 e. The average molecular weight is 393 g/mol. The molecule has 3 atom stereocenters. The second-order valence-electron chi connectivity index (χ2n) is 8.46. The van der Waals surface area contributed by atoms with Gasteiger partial charge in [0.1, 0.15) is 5.75 Å². The molecule has 29 heavy (non-hydrogen) atoms. The van der Waals surface area contributed by atoms with Crippen LogP contribution in [0.1, 0.15) is 56.1 Å². The predicted molar refractivity (Wildman–Crippen MR) is 116 cm³/mol. The fourth-order valence-electron chi connectivity index (χ4n) is 4.64. The van der Waals surface area contributed by atoms with E-state index in [-0.39, 0.29) is 12.0 Å². The quantitative estimate of drug-likeness (QED) is 0.787.